The van der Waals surface area contributed by atoms with Gasteiger partial charge in [0, 0.05) is 30.6 Å². The average molecular weight is 412 g/mol. The molecule has 3 unspecified atom stereocenters. The Labute approximate surface area is 178 Å². The van der Waals surface area contributed by atoms with E-state index in [0.717, 1.165) is 38.5 Å². The van der Waals surface area contributed by atoms with Gasteiger partial charge in [-0.15, -0.1) is 0 Å². The summed E-state index contributed by atoms with van der Waals surface area (Å²) in [5.74, 6) is 0.221. The highest BCUT2D eigenvalue weighted by atomic mass is 16.2. The van der Waals surface area contributed by atoms with E-state index in [0.29, 0.717) is 24.1 Å². The van der Waals surface area contributed by atoms with Crippen molar-refractivity contribution >= 4 is 17.7 Å². The molecule has 3 fully saturated rings. The molecule has 2 N–H and O–H groups in total. The first-order valence-corrected chi connectivity index (χ1v) is 11.6. The molecule has 0 spiro atoms. The Morgan fingerprint density at radius 3 is 2.40 bits per heavy atom. The predicted octanol–water partition coefficient (Wildman–Crippen LogP) is 3.03. The number of likely N-dealkylation sites (tertiary alicyclic amines) is 1. The molecule has 2 saturated carbocycles. The maximum atomic E-state index is 13.3. The molecule has 3 aliphatic rings. The molecule has 2 aliphatic carbocycles. The zero-order valence-electron chi connectivity index (χ0n) is 17.6. The molecule has 0 aromatic heterocycles. The molecule has 0 bridgehead atoms. The lowest BCUT2D eigenvalue weighted by Gasteiger charge is -2.33. The molecule has 3 atom stereocenters. The second-order valence-corrected chi connectivity index (χ2v) is 9.03. The molecule has 1 aromatic rings. The maximum absolute atomic E-state index is 13.3. The third-order valence-electron chi connectivity index (χ3n) is 7.02. The summed E-state index contributed by atoms with van der Waals surface area (Å²) >= 11 is 0. The van der Waals surface area contributed by atoms with Crippen molar-refractivity contribution in [3.05, 3.63) is 35.9 Å². The predicted molar refractivity (Wildman–Crippen MR) is 115 cm³/mol. The largest absolute Gasteiger partial charge is 0.354 e. The van der Waals surface area contributed by atoms with E-state index in [4.69, 9.17) is 0 Å². The van der Waals surface area contributed by atoms with Crippen molar-refractivity contribution in [3.8, 4) is 0 Å². The minimum atomic E-state index is -0.441. The number of carbonyl (C=O) groups is 3. The summed E-state index contributed by atoms with van der Waals surface area (Å²) in [4.78, 5) is 40.3. The molecule has 6 heteroatoms. The number of nitrogens with zero attached hydrogens (tertiary/aromatic N) is 1. The highest BCUT2D eigenvalue weighted by molar-refractivity contribution is 5.98. The number of carbonyl (C=O) groups excluding carboxylic acids is 3. The molecular weight excluding hydrogens is 378 g/mol. The van der Waals surface area contributed by atoms with Gasteiger partial charge in [-0.2, -0.15) is 0 Å². The van der Waals surface area contributed by atoms with Crippen molar-refractivity contribution in [3.63, 3.8) is 0 Å². The van der Waals surface area contributed by atoms with Gasteiger partial charge in [0.25, 0.3) is 5.91 Å². The first kappa shape index (κ1) is 20.9. The van der Waals surface area contributed by atoms with Crippen LogP contribution in [-0.2, 0) is 9.59 Å². The molecular formula is C24H33N3O3. The van der Waals surface area contributed by atoms with Crippen molar-refractivity contribution in [1.82, 2.24) is 15.5 Å². The average Bonchev–Trinajstić information content (AvgIpc) is 3.41. The molecule has 1 saturated heterocycles. The van der Waals surface area contributed by atoms with Gasteiger partial charge in [0.1, 0.15) is 6.04 Å². The van der Waals surface area contributed by atoms with Crippen molar-refractivity contribution in [2.75, 3.05) is 6.54 Å². The standard InChI is InChI=1S/C24H33N3O3/c28-22(26-19-11-5-6-12-19)14-15-25-23(29)21-16-18-10-4-7-13-20(18)27(21)24(30)17-8-2-1-3-9-17/h1-3,8-9,18-21H,4-7,10-16H2,(H,25,29)(H,26,28). The third-order valence-corrected chi connectivity index (χ3v) is 7.02. The van der Waals surface area contributed by atoms with Gasteiger partial charge in [-0.25, -0.2) is 0 Å². The topological polar surface area (TPSA) is 78.5 Å². The second-order valence-electron chi connectivity index (χ2n) is 9.03. The molecule has 3 amide bonds. The first-order chi connectivity index (χ1) is 14.6. The summed E-state index contributed by atoms with van der Waals surface area (Å²) < 4.78 is 0. The fraction of sp³-hybridized carbons (Fsp3) is 0.625. The molecule has 1 heterocycles. The van der Waals surface area contributed by atoms with E-state index in [2.05, 4.69) is 10.6 Å². The van der Waals surface area contributed by atoms with Crippen LogP contribution in [-0.4, -0.2) is 47.3 Å². The van der Waals surface area contributed by atoms with Gasteiger partial charge >= 0.3 is 0 Å². The summed E-state index contributed by atoms with van der Waals surface area (Å²) in [6.07, 6.45) is 9.80. The molecule has 6 nitrogen and oxygen atoms in total. The van der Waals surface area contributed by atoms with Crippen LogP contribution in [0.15, 0.2) is 30.3 Å². The molecule has 1 aromatic carbocycles. The van der Waals surface area contributed by atoms with Crippen LogP contribution in [0.5, 0.6) is 0 Å². The molecule has 162 valence electrons. The first-order valence-electron chi connectivity index (χ1n) is 11.6. The van der Waals surface area contributed by atoms with E-state index in [-0.39, 0.29) is 30.2 Å². The lowest BCUT2D eigenvalue weighted by molar-refractivity contribution is -0.125. The fourth-order valence-corrected chi connectivity index (χ4v) is 5.50. The van der Waals surface area contributed by atoms with Crippen LogP contribution in [0.25, 0.3) is 0 Å². The number of benzene rings is 1. The van der Waals surface area contributed by atoms with E-state index in [1.165, 1.54) is 19.3 Å². The molecule has 4 rings (SSSR count). The van der Waals surface area contributed by atoms with Gasteiger partial charge in [-0.05, 0) is 50.2 Å². The van der Waals surface area contributed by atoms with Gasteiger partial charge in [-0.3, -0.25) is 14.4 Å². The highest BCUT2D eigenvalue weighted by Crippen LogP contribution is 2.40. The van der Waals surface area contributed by atoms with Crippen LogP contribution < -0.4 is 10.6 Å². The molecule has 30 heavy (non-hydrogen) atoms. The van der Waals surface area contributed by atoms with Crippen molar-refractivity contribution in [1.29, 1.82) is 0 Å². The summed E-state index contributed by atoms with van der Waals surface area (Å²) in [5, 5.41) is 5.99. The zero-order valence-corrected chi connectivity index (χ0v) is 17.6. The Bertz CT molecular complexity index is 760. The maximum Gasteiger partial charge on any atom is 0.254 e. The van der Waals surface area contributed by atoms with E-state index in [1.54, 1.807) is 0 Å². The molecule has 0 radical (unpaired) electrons. The smallest absolute Gasteiger partial charge is 0.254 e. The van der Waals surface area contributed by atoms with Crippen LogP contribution in [0.2, 0.25) is 0 Å². The highest BCUT2D eigenvalue weighted by Gasteiger charge is 2.47. The quantitative estimate of drug-likeness (QED) is 0.755. The van der Waals surface area contributed by atoms with E-state index in [1.807, 2.05) is 35.2 Å². The van der Waals surface area contributed by atoms with Crippen LogP contribution in [0.3, 0.4) is 0 Å². The minimum absolute atomic E-state index is 0.000454. The lowest BCUT2D eigenvalue weighted by Crippen LogP contribution is -2.50. The number of hydrogen-bond acceptors (Lipinski definition) is 3. The summed E-state index contributed by atoms with van der Waals surface area (Å²) in [6.45, 7) is 0.316. The van der Waals surface area contributed by atoms with E-state index < -0.39 is 6.04 Å². The summed E-state index contributed by atoms with van der Waals surface area (Å²) in [5.41, 5.74) is 0.637. The number of nitrogens with one attached hydrogen (secondary N) is 2. The van der Waals surface area contributed by atoms with Crippen LogP contribution >= 0.6 is 0 Å². The van der Waals surface area contributed by atoms with E-state index in [9.17, 15) is 14.4 Å². The van der Waals surface area contributed by atoms with Gasteiger partial charge in [0.05, 0.1) is 0 Å². The number of fused-ring (bicyclic) bond motifs is 1. The monoisotopic (exact) mass is 411 g/mol. The summed E-state index contributed by atoms with van der Waals surface area (Å²) in [7, 11) is 0. The van der Waals surface area contributed by atoms with Crippen molar-refractivity contribution in [2.24, 2.45) is 5.92 Å². The van der Waals surface area contributed by atoms with Gasteiger partial charge in [-0.1, -0.05) is 43.9 Å². The number of rotatable bonds is 6. The number of amides is 3. The van der Waals surface area contributed by atoms with Gasteiger partial charge < -0.3 is 15.5 Å². The Kier molecular flexibility index (Phi) is 6.70. The van der Waals surface area contributed by atoms with Gasteiger partial charge in [0.15, 0.2) is 0 Å². The normalized spacial score (nSPS) is 26.3. The SMILES string of the molecule is O=C(CCNC(=O)C1CC2CCCCC2N1C(=O)c1ccccc1)NC1CCCC1. The Morgan fingerprint density at radius 2 is 1.63 bits per heavy atom. The second kappa shape index (κ2) is 9.63. The van der Waals surface area contributed by atoms with Crippen LogP contribution in [0, 0.1) is 5.92 Å². The third kappa shape index (κ3) is 4.68. The minimum Gasteiger partial charge on any atom is -0.354 e. The van der Waals surface area contributed by atoms with E-state index >= 15 is 0 Å². The zero-order chi connectivity index (χ0) is 20.9. The Balaban J connectivity index is 1.37. The Hall–Kier alpha value is -2.37. The Morgan fingerprint density at radius 1 is 0.933 bits per heavy atom. The number of hydrogen-bond donors (Lipinski definition) is 2. The van der Waals surface area contributed by atoms with Crippen molar-refractivity contribution in [2.45, 2.75) is 82.3 Å². The van der Waals surface area contributed by atoms with Crippen molar-refractivity contribution < 1.29 is 14.4 Å². The lowest BCUT2D eigenvalue weighted by atomic mass is 9.84. The van der Waals surface area contributed by atoms with Crippen LogP contribution in [0.4, 0.5) is 0 Å². The fourth-order valence-electron chi connectivity index (χ4n) is 5.50. The van der Waals surface area contributed by atoms with Crippen LogP contribution in [0.1, 0.15) is 74.6 Å². The summed E-state index contributed by atoms with van der Waals surface area (Å²) in [6, 6.07) is 9.26. The molecule has 1 aliphatic heterocycles. The van der Waals surface area contributed by atoms with Gasteiger partial charge in [0.2, 0.25) is 11.8 Å².